The second-order valence-corrected chi connectivity index (χ2v) is 4.96. The number of hydrogen-bond donors (Lipinski definition) is 3. The first-order chi connectivity index (χ1) is 9.89. The third-order valence-corrected chi connectivity index (χ3v) is 2.93. The molecular weight excluding hydrogens is 352 g/mol. The Hall–Kier alpha value is -1.29. The molecule has 0 atom stereocenters. The van der Waals surface area contributed by atoms with E-state index in [4.69, 9.17) is 33.2 Å². The molecule has 1 amide bonds. The zero-order valence-electron chi connectivity index (χ0n) is 10.6. The van der Waals surface area contributed by atoms with E-state index < -0.39 is 46.1 Å². The summed E-state index contributed by atoms with van der Waals surface area (Å²) in [5, 5.41) is 11.8. The molecule has 11 heteroatoms. The van der Waals surface area contributed by atoms with Crippen molar-refractivity contribution < 1.29 is 32.4 Å². The Balaban J connectivity index is 3.73. The van der Waals surface area contributed by atoms with Crippen LogP contribution in [0.1, 0.15) is 11.1 Å². The van der Waals surface area contributed by atoms with E-state index in [1.807, 2.05) is 5.32 Å². The molecule has 22 heavy (non-hydrogen) atoms. The highest BCUT2D eigenvalue weighted by Crippen LogP contribution is 2.40. The van der Waals surface area contributed by atoms with E-state index >= 15 is 0 Å². The van der Waals surface area contributed by atoms with Gasteiger partial charge in [-0.2, -0.15) is 17.6 Å². The maximum Gasteiger partial charge on any atom is 0.489 e. The fourth-order valence-electron chi connectivity index (χ4n) is 1.73. The van der Waals surface area contributed by atoms with Gasteiger partial charge in [0.25, 0.3) is 0 Å². The summed E-state index contributed by atoms with van der Waals surface area (Å²) in [5.74, 6) is -0.939. The summed E-state index contributed by atoms with van der Waals surface area (Å²) in [4.78, 5) is 11.2. The van der Waals surface area contributed by atoms with Crippen molar-refractivity contribution in [1.82, 2.24) is 0 Å². The molecule has 0 saturated heterocycles. The molecule has 0 saturated carbocycles. The quantitative estimate of drug-likeness (QED) is 0.326. The number of benzene rings is 1. The Morgan fingerprint density at radius 3 is 2.14 bits per heavy atom. The van der Waals surface area contributed by atoms with Crippen LogP contribution in [0.4, 0.5) is 23.2 Å². The number of alkyl halides is 6. The predicted molar refractivity (Wildman–Crippen MR) is 74.6 cm³/mol. The SMILES string of the molecule is C=CC(=O)Nc1ccc(C(F)(F)Cl)c(B(O)O)c1C(F)(F)Cl. The number of halogens is 6. The molecule has 0 aromatic heterocycles. The molecule has 3 N–H and O–H groups in total. The second kappa shape index (κ2) is 6.45. The van der Waals surface area contributed by atoms with Gasteiger partial charge in [0.05, 0.1) is 11.3 Å². The average Bonchev–Trinajstić information content (AvgIpc) is 2.35. The van der Waals surface area contributed by atoms with E-state index in [-0.39, 0.29) is 0 Å². The normalized spacial score (nSPS) is 12.0. The van der Waals surface area contributed by atoms with Crippen LogP contribution in [-0.2, 0) is 15.6 Å². The molecule has 0 unspecified atom stereocenters. The van der Waals surface area contributed by atoms with Gasteiger partial charge < -0.3 is 15.4 Å². The van der Waals surface area contributed by atoms with Gasteiger partial charge in [0.1, 0.15) is 0 Å². The number of carbonyl (C=O) groups is 1. The summed E-state index contributed by atoms with van der Waals surface area (Å²) in [7, 11) is -2.74. The smallest absolute Gasteiger partial charge is 0.423 e. The lowest BCUT2D eigenvalue weighted by Crippen LogP contribution is -2.41. The number of carbonyl (C=O) groups excluding carboxylic acids is 1. The molecule has 1 rings (SSSR count). The van der Waals surface area contributed by atoms with Gasteiger partial charge in [-0.25, -0.2) is 0 Å². The first-order valence-electron chi connectivity index (χ1n) is 5.50. The van der Waals surface area contributed by atoms with Gasteiger partial charge in [0.15, 0.2) is 0 Å². The Bertz CT molecular complexity index is 602. The van der Waals surface area contributed by atoms with Gasteiger partial charge in [-0.05, 0) is 41.4 Å². The molecule has 0 aliphatic heterocycles. The largest absolute Gasteiger partial charge is 0.489 e. The fourth-order valence-corrected chi connectivity index (χ4v) is 2.10. The average molecular weight is 360 g/mol. The third-order valence-electron chi connectivity index (χ3n) is 2.54. The topological polar surface area (TPSA) is 69.6 Å². The lowest BCUT2D eigenvalue weighted by atomic mass is 9.73. The van der Waals surface area contributed by atoms with Crippen molar-refractivity contribution in [2.24, 2.45) is 0 Å². The Labute approximate surface area is 132 Å². The van der Waals surface area contributed by atoms with Gasteiger partial charge in [0, 0.05) is 11.0 Å². The van der Waals surface area contributed by atoms with Crippen LogP contribution < -0.4 is 10.8 Å². The molecule has 0 aliphatic carbocycles. The van der Waals surface area contributed by atoms with E-state index in [0.717, 1.165) is 6.08 Å². The maximum atomic E-state index is 13.5. The van der Waals surface area contributed by atoms with Crippen molar-refractivity contribution in [3.05, 3.63) is 35.9 Å². The lowest BCUT2D eigenvalue weighted by molar-refractivity contribution is -0.111. The third kappa shape index (κ3) is 4.13. The van der Waals surface area contributed by atoms with Crippen molar-refractivity contribution in [2.75, 3.05) is 5.32 Å². The van der Waals surface area contributed by atoms with E-state index in [2.05, 4.69) is 6.58 Å². The first-order valence-corrected chi connectivity index (χ1v) is 6.26. The van der Waals surface area contributed by atoms with Crippen molar-refractivity contribution >= 4 is 47.4 Å². The highest BCUT2D eigenvalue weighted by Gasteiger charge is 2.43. The van der Waals surface area contributed by atoms with E-state index in [1.54, 1.807) is 0 Å². The van der Waals surface area contributed by atoms with Crippen LogP contribution >= 0.6 is 23.2 Å². The molecule has 1 aromatic carbocycles. The predicted octanol–water partition coefficient (Wildman–Crippen LogP) is 2.07. The van der Waals surface area contributed by atoms with Crippen LogP contribution in [0.25, 0.3) is 0 Å². The molecule has 4 nitrogen and oxygen atoms in total. The van der Waals surface area contributed by atoms with Crippen molar-refractivity contribution in [1.29, 1.82) is 0 Å². The van der Waals surface area contributed by atoms with Gasteiger partial charge in [-0.15, -0.1) is 0 Å². The van der Waals surface area contributed by atoms with Crippen LogP contribution in [-0.4, -0.2) is 23.1 Å². The molecule has 0 bridgehead atoms. The van der Waals surface area contributed by atoms with Gasteiger partial charge in [-0.1, -0.05) is 6.58 Å². The molecule has 120 valence electrons. The molecular formula is C11H8BCl2F4NO3. The molecule has 0 fully saturated rings. The summed E-state index contributed by atoms with van der Waals surface area (Å²) in [6.45, 7) is 3.09. The van der Waals surface area contributed by atoms with Crippen LogP contribution in [0.15, 0.2) is 24.8 Å². The standard InChI is InChI=1S/C11H8BCl2F4NO3/c1-2-7(20)19-6-4-3-5(10(13,15)16)9(12(21)22)8(6)11(14,17)18/h2-4,21-22H,1H2,(H,19,20). The van der Waals surface area contributed by atoms with Gasteiger partial charge in [-0.3, -0.25) is 4.79 Å². The molecule has 1 aromatic rings. The monoisotopic (exact) mass is 359 g/mol. The summed E-state index contributed by atoms with van der Waals surface area (Å²) in [6, 6.07) is 1.25. The van der Waals surface area contributed by atoms with Crippen LogP contribution in [0.2, 0.25) is 0 Å². The minimum Gasteiger partial charge on any atom is -0.423 e. The zero-order chi connectivity index (χ0) is 17.3. The minimum absolute atomic E-state index is 0.562. The molecule has 0 heterocycles. The van der Waals surface area contributed by atoms with Gasteiger partial charge in [0.2, 0.25) is 5.91 Å². The number of amides is 1. The number of anilines is 1. The minimum atomic E-state index is -4.29. The van der Waals surface area contributed by atoms with E-state index in [1.165, 1.54) is 0 Å². The van der Waals surface area contributed by atoms with E-state index in [9.17, 15) is 22.4 Å². The fraction of sp³-hybridized carbons (Fsp3) is 0.182. The summed E-state index contributed by atoms with van der Waals surface area (Å²) < 4.78 is 53.6. The van der Waals surface area contributed by atoms with Gasteiger partial charge >= 0.3 is 17.9 Å². The van der Waals surface area contributed by atoms with Crippen molar-refractivity contribution in [3.63, 3.8) is 0 Å². The van der Waals surface area contributed by atoms with Crippen LogP contribution in [0.5, 0.6) is 0 Å². The van der Waals surface area contributed by atoms with Crippen molar-refractivity contribution in [3.8, 4) is 0 Å². The van der Waals surface area contributed by atoms with Crippen LogP contribution in [0, 0.1) is 0 Å². The Morgan fingerprint density at radius 2 is 1.77 bits per heavy atom. The Morgan fingerprint density at radius 1 is 1.23 bits per heavy atom. The number of rotatable bonds is 5. The number of nitrogens with one attached hydrogen (secondary N) is 1. The highest BCUT2D eigenvalue weighted by atomic mass is 35.5. The lowest BCUT2D eigenvalue weighted by Gasteiger charge is -2.23. The molecule has 0 radical (unpaired) electrons. The second-order valence-electron chi connectivity index (χ2n) is 4.01. The summed E-state index contributed by atoms with van der Waals surface area (Å²) in [6.07, 6.45) is 0.731. The first kappa shape index (κ1) is 18.8. The highest BCUT2D eigenvalue weighted by molar-refractivity contribution is 6.60. The molecule has 0 aliphatic rings. The van der Waals surface area contributed by atoms with Crippen LogP contribution in [0.3, 0.4) is 0 Å². The molecule has 0 spiro atoms. The maximum absolute atomic E-state index is 13.5. The Kier molecular flexibility index (Phi) is 5.50. The number of hydrogen-bond acceptors (Lipinski definition) is 3. The summed E-state index contributed by atoms with van der Waals surface area (Å²) >= 11 is 9.61. The van der Waals surface area contributed by atoms with Crippen molar-refractivity contribution in [2.45, 2.75) is 10.8 Å². The summed E-state index contributed by atoms with van der Waals surface area (Å²) in [5.41, 5.74) is -4.69. The van der Waals surface area contributed by atoms with E-state index in [0.29, 0.717) is 12.1 Å². The zero-order valence-corrected chi connectivity index (χ0v) is 12.1.